The van der Waals surface area contributed by atoms with Crippen LogP contribution in [0.3, 0.4) is 0 Å². The van der Waals surface area contributed by atoms with Crippen LogP contribution in [0.1, 0.15) is 52.4 Å². The number of aliphatic hydroxyl groups is 2. The molecule has 11 heavy (non-hydrogen) atoms. The molecule has 0 atom stereocenters. The van der Waals surface area contributed by atoms with Crippen LogP contribution >= 0.6 is 0 Å². The van der Waals surface area contributed by atoms with Crippen LogP contribution < -0.4 is 0 Å². The van der Waals surface area contributed by atoms with Gasteiger partial charge in [0.25, 0.3) is 0 Å². The van der Waals surface area contributed by atoms with Crippen molar-refractivity contribution in [3.05, 3.63) is 0 Å². The van der Waals surface area contributed by atoms with Crippen molar-refractivity contribution in [1.82, 2.24) is 0 Å². The summed E-state index contributed by atoms with van der Waals surface area (Å²) in [4.78, 5) is 0. The molecule has 0 radical (unpaired) electrons. The molecular formula is C9H20O2. The van der Waals surface area contributed by atoms with Gasteiger partial charge in [0.1, 0.15) is 0 Å². The second kappa shape index (κ2) is 5.56. The van der Waals surface area contributed by atoms with E-state index in [1.807, 2.05) is 0 Å². The minimum atomic E-state index is -1.45. The van der Waals surface area contributed by atoms with E-state index in [0.29, 0.717) is 6.42 Å². The van der Waals surface area contributed by atoms with E-state index in [2.05, 4.69) is 6.92 Å². The Hall–Kier alpha value is -0.0800. The molecule has 0 aliphatic carbocycles. The Labute approximate surface area is 69.2 Å². The van der Waals surface area contributed by atoms with Gasteiger partial charge in [-0.05, 0) is 13.3 Å². The Morgan fingerprint density at radius 2 is 1.55 bits per heavy atom. The first-order chi connectivity index (χ1) is 5.06. The summed E-state index contributed by atoms with van der Waals surface area (Å²) in [6, 6.07) is 0. The summed E-state index contributed by atoms with van der Waals surface area (Å²) in [6.45, 7) is 3.61. The number of hydrogen-bond acceptors (Lipinski definition) is 2. The van der Waals surface area contributed by atoms with Crippen LogP contribution in [0.25, 0.3) is 0 Å². The molecule has 0 unspecified atom stereocenters. The van der Waals surface area contributed by atoms with Gasteiger partial charge in [0.2, 0.25) is 0 Å². The highest BCUT2D eigenvalue weighted by atomic mass is 16.5. The van der Waals surface area contributed by atoms with Gasteiger partial charge in [-0.15, -0.1) is 0 Å². The van der Waals surface area contributed by atoms with Crippen molar-refractivity contribution < 1.29 is 10.2 Å². The summed E-state index contributed by atoms with van der Waals surface area (Å²) >= 11 is 0. The largest absolute Gasteiger partial charge is 0.366 e. The molecule has 0 aromatic heterocycles. The fourth-order valence-corrected chi connectivity index (χ4v) is 1.06. The first kappa shape index (κ1) is 10.9. The van der Waals surface area contributed by atoms with Gasteiger partial charge >= 0.3 is 0 Å². The molecule has 0 rings (SSSR count). The lowest BCUT2D eigenvalue weighted by Crippen LogP contribution is -2.22. The van der Waals surface area contributed by atoms with Gasteiger partial charge in [-0.25, -0.2) is 0 Å². The van der Waals surface area contributed by atoms with E-state index >= 15 is 0 Å². The van der Waals surface area contributed by atoms with Gasteiger partial charge < -0.3 is 10.2 Å². The summed E-state index contributed by atoms with van der Waals surface area (Å²) in [5.41, 5.74) is 0. The summed E-state index contributed by atoms with van der Waals surface area (Å²) in [7, 11) is 0. The lowest BCUT2D eigenvalue weighted by Gasteiger charge is -2.14. The van der Waals surface area contributed by atoms with Crippen molar-refractivity contribution in [3.8, 4) is 0 Å². The topological polar surface area (TPSA) is 40.5 Å². The summed E-state index contributed by atoms with van der Waals surface area (Å²) in [5.74, 6) is -1.45. The number of hydrogen-bond donors (Lipinski definition) is 2. The van der Waals surface area contributed by atoms with Gasteiger partial charge in [-0.2, -0.15) is 0 Å². The lowest BCUT2D eigenvalue weighted by atomic mass is 10.1. The Bertz CT molecular complexity index is 84.1. The molecule has 2 heteroatoms. The minimum absolute atomic E-state index is 0.497. The second-order valence-electron chi connectivity index (χ2n) is 3.38. The monoisotopic (exact) mass is 160 g/mol. The average Bonchev–Trinajstić information content (AvgIpc) is 1.85. The maximum Gasteiger partial charge on any atom is 0.159 e. The summed E-state index contributed by atoms with van der Waals surface area (Å²) in [6.07, 6.45) is 6.24. The molecule has 0 heterocycles. The average molecular weight is 160 g/mol. The lowest BCUT2D eigenvalue weighted by molar-refractivity contribution is -0.150. The van der Waals surface area contributed by atoms with Crippen LogP contribution in [-0.2, 0) is 0 Å². The van der Waals surface area contributed by atoms with Gasteiger partial charge in [-0.3, -0.25) is 0 Å². The first-order valence-electron chi connectivity index (χ1n) is 4.51. The zero-order valence-electron chi connectivity index (χ0n) is 7.64. The van der Waals surface area contributed by atoms with E-state index < -0.39 is 5.79 Å². The third-order valence-electron chi connectivity index (χ3n) is 1.75. The first-order valence-corrected chi connectivity index (χ1v) is 4.51. The minimum Gasteiger partial charge on any atom is -0.366 e. The quantitative estimate of drug-likeness (QED) is 0.461. The van der Waals surface area contributed by atoms with Crippen LogP contribution in [0.5, 0.6) is 0 Å². The van der Waals surface area contributed by atoms with E-state index in [0.717, 1.165) is 12.8 Å². The Balaban J connectivity index is 3.02. The van der Waals surface area contributed by atoms with Crippen molar-refractivity contribution in [2.45, 2.75) is 58.2 Å². The Morgan fingerprint density at radius 3 is 2.00 bits per heavy atom. The third kappa shape index (κ3) is 9.92. The molecule has 2 nitrogen and oxygen atoms in total. The molecule has 0 amide bonds. The molecule has 0 aliphatic heterocycles. The molecule has 0 bridgehead atoms. The van der Waals surface area contributed by atoms with Crippen molar-refractivity contribution in [1.29, 1.82) is 0 Å². The fraction of sp³-hybridized carbons (Fsp3) is 1.00. The molecular weight excluding hydrogens is 140 g/mol. The molecule has 0 aromatic carbocycles. The molecule has 0 aliphatic rings. The predicted molar refractivity (Wildman–Crippen MR) is 46.2 cm³/mol. The molecule has 2 N–H and O–H groups in total. The second-order valence-corrected chi connectivity index (χ2v) is 3.38. The molecule has 0 fully saturated rings. The molecule has 0 saturated heterocycles. The normalized spacial score (nSPS) is 12.0. The Kier molecular flexibility index (Phi) is 5.51. The van der Waals surface area contributed by atoms with Crippen molar-refractivity contribution in [2.24, 2.45) is 0 Å². The highest BCUT2D eigenvalue weighted by molar-refractivity contribution is 4.55. The molecule has 0 aromatic rings. The summed E-state index contributed by atoms with van der Waals surface area (Å²) < 4.78 is 0. The van der Waals surface area contributed by atoms with E-state index in [1.54, 1.807) is 0 Å². The number of rotatable bonds is 6. The van der Waals surface area contributed by atoms with E-state index in [4.69, 9.17) is 10.2 Å². The fourth-order valence-electron chi connectivity index (χ4n) is 1.06. The highest BCUT2D eigenvalue weighted by Crippen LogP contribution is 2.11. The predicted octanol–water partition coefficient (Wildman–Crippen LogP) is 2.05. The van der Waals surface area contributed by atoms with Gasteiger partial charge in [0.15, 0.2) is 5.79 Å². The standard InChI is InChI=1S/C9H20O2/c1-3-4-5-6-7-8-9(2,10)11/h10-11H,3-8H2,1-2H3. The summed E-state index contributed by atoms with van der Waals surface area (Å²) in [5, 5.41) is 17.9. The Morgan fingerprint density at radius 1 is 1.00 bits per heavy atom. The van der Waals surface area contributed by atoms with Crippen molar-refractivity contribution >= 4 is 0 Å². The number of unbranched alkanes of at least 4 members (excludes halogenated alkanes) is 4. The maximum absolute atomic E-state index is 8.93. The van der Waals surface area contributed by atoms with E-state index in [1.165, 1.54) is 26.2 Å². The van der Waals surface area contributed by atoms with Crippen LogP contribution in [0.15, 0.2) is 0 Å². The molecule has 0 spiro atoms. The van der Waals surface area contributed by atoms with Crippen molar-refractivity contribution in [2.75, 3.05) is 0 Å². The zero-order valence-corrected chi connectivity index (χ0v) is 7.64. The molecule has 68 valence electrons. The van der Waals surface area contributed by atoms with Crippen LogP contribution in [-0.4, -0.2) is 16.0 Å². The third-order valence-corrected chi connectivity index (χ3v) is 1.75. The van der Waals surface area contributed by atoms with Gasteiger partial charge in [0, 0.05) is 6.42 Å². The maximum atomic E-state index is 8.93. The highest BCUT2D eigenvalue weighted by Gasteiger charge is 2.12. The SMILES string of the molecule is CCCCCCCC(C)(O)O. The van der Waals surface area contributed by atoms with Crippen LogP contribution in [0, 0.1) is 0 Å². The van der Waals surface area contributed by atoms with E-state index in [-0.39, 0.29) is 0 Å². The van der Waals surface area contributed by atoms with E-state index in [9.17, 15) is 0 Å². The van der Waals surface area contributed by atoms with Gasteiger partial charge in [-0.1, -0.05) is 32.6 Å². The van der Waals surface area contributed by atoms with Crippen molar-refractivity contribution in [3.63, 3.8) is 0 Å². The van der Waals surface area contributed by atoms with Crippen LogP contribution in [0.2, 0.25) is 0 Å². The zero-order chi connectivity index (χ0) is 8.74. The van der Waals surface area contributed by atoms with Gasteiger partial charge in [0.05, 0.1) is 0 Å². The van der Waals surface area contributed by atoms with Crippen LogP contribution in [0.4, 0.5) is 0 Å². The molecule has 0 saturated carbocycles. The smallest absolute Gasteiger partial charge is 0.159 e.